The van der Waals surface area contributed by atoms with Crippen LogP contribution in [-0.4, -0.2) is 47.4 Å². The molecular formula is C21H23N5O3S. The topological polar surface area (TPSA) is 111 Å². The average molecular weight is 426 g/mol. The lowest BCUT2D eigenvalue weighted by molar-refractivity contribution is -0.00467. The molecule has 1 aliphatic heterocycles. The van der Waals surface area contributed by atoms with Crippen LogP contribution in [0, 0.1) is 13.8 Å². The number of benzene rings is 1. The van der Waals surface area contributed by atoms with E-state index in [0.29, 0.717) is 11.5 Å². The molecule has 0 spiro atoms. The fraction of sp³-hybridized carbons (Fsp3) is 0.286. The van der Waals surface area contributed by atoms with Crippen LogP contribution < -0.4 is 5.73 Å². The molecule has 156 valence electrons. The highest BCUT2D eigenvalue weighted by Gasteiger charge is 2.33. The molecule has 1 atom stereocenters. The molecular weight excluding hydrogens is 402 g/mol. The smallest absolute Gasteiger partial charge is 0.243 e. The van der Waals surface area contributed by atoms with Crippen LogP contribution in [0.4, 0.5) is 5.82 Å². The number of nitrogen functional groups attached to an aromatic ring is 1. The third-order valence-electron chi connectivity index (χ3n) is 5.29. The molecule has 2 aromatic heterocycles. The normalized spacial score (nSPS) is 17.7. The number of hydrogen-bond acceptors (Lipinski definition) is 7. The minimum Gasteiger partial charge on any atom is -0.384 e. The Morgan fingerprint density at radius 1 is 1.13 bits per heavy atom. The summed E-state index contributed by atoms with van der Waals surface area (Å²) in [6.07, 6.45) is 4.20. The summed E-state index contributed by atoms with van der Waals surface area (Å²) in [6.45, 7) is 4.59. The van der Waals surface area contributed by atoms with Gasteiger partial charge >= 0.3 is 0 Å². The molecule has 4 rings (SSSR count). The van der Waals surface area contributed by atoms with Crippen molar-refractivity contribution in [2.45, 2.75) is 24.8 Å². The molecule has 3 aromatic rings. The number of rotatable bonds is 4. The highest BCUT2D eigenvalue weighted by molar-refractivity contribution is 7.89. The van der Waals surface area contributed by atoms with Gasteiger partial charge in [-0.2, -0.15) is 4.31 Å². The van der Waals surface area contributed by atoms with Crippen LogP contribution in [0.2, 0.25) is 0 Å². The fourth-order valence-corrected chi connectivity index (χ4v) is 4.98. The first-order chi connectivity index (χ1) is 14.4. The van der Waals surface area contributed by atoms with Crippen molar-refractivity contribution < 1.29 is 13.2 Å². The third-order valence-corrected chi connectivity index (χ3v) is 7.15. The number of morpholine rings is 1. The zero-order valence-corrected chi connectivity index (χ0v) is 17.6. The number of aromatic nitrogens is 3. The molecule has 0 amide bonds. The lowest BCUT2D eigenvalue weighted by Gasteiger charge is -2.32. The van der Waals surface area contributed by atoms with Gasteiger partial charge in [-0.25, -0.2) is 23.4 Å². The zero-order chi connectivity index (χ0) is 21.3. The van der Waals surface area contributed by atoms with Gasteiger partial charge < -0.3 is 10.5 Å². The fourth-order valence-electron chi connectivity index (χ4n) is 3.47. The van der Waals surface area contributed by atoms with Gasteiger partial charge in [-0.15, -0.1) is 0 Å². The molecule has 0 saturated carbocycles. The van der Waals surface area contributed by atoms with Gasteiger partial charge in [0.05, 0.1) is 17.2 Å². The maximum atomic E-state index is 13.2. The molecule has 1 aliphatic rings. The van der Waals surface area contributed by atoms with E-state index in [1.165, 1.54) is 10.6 Å². The van der Waals surface area contributed by atoms with E-state index in [0.717, 1.165) is 22.3 Å². The number of aryl methyl sites for hydroxylation is 2. The number of ether oxygens (including phenoxy) is 1. The molecule has 0 bridgehead atoms. The Morgan fingerprint density at radius 3 is 2.73 bits per heavy atom. The minimum absolute atomic E-state index is 0.167. The van der Waals surface area contributed by atoms with Crippen molar-refractivity contribution in [1.29, 1.82) is 0 Å². The standard InChI is InChI=1S/C21H23N5O3S/c1-14-3-4-17(9-15(14)2)30(27,28)26-7-8-29-19(12-26)21-18(11-23-13-25-21)16-5-6-24-20(22)10-16/h3-6,9-11,13,19H,7-8,12H2,1-2H3,(H2,22,24)/t19-/m1/s1. The summed E-state index contributed by atoms with van der Waals surface area (Å²) >= 11 is 0. The van der Waals surface area contributed by atoms with E-state index in [4.69, 9.17) is 10.5 Å². The first-order valence-corrected chi connectivity index (χ1v) is 11.0. The van der Waals surface area contributed by atoms with E-state index < -0.39 is 16.1 Å². The minimum atomic E-state index is -3.65. The van der Waals surface area contributed by atoms with Crippen molar-refractivity contribution in [3.63, 3.8) is 0 Å². The first kappa shape index (κ1) is 20.4. The molecule has 1 fully saturated rings. The summed E-state index contributed by atoms with van der Waals surface area (Å²) in [5.41, 5.74) is 9.97. The number of nitrogens with zero attached hydrogens (tertiary/aromatic N) is 4. The van der Waals surface area contributed by atoms with Crippen molar-refractivity contribution >= 4 is 15.8 Å². The number of anilines is 1. The second kappa shape index (κ2) is 8.10. The Kier molecular flexibility index (Phi) is 5.50. The number of hydrogen-bond donors (Lipinski definition) is 1. The van der Waals surface area contributed by atoms with Crippen LogP contribution in [0.1, 0.15) is 22.9 Å². The van der Waals surface area contributed by atoms with Gasteiger partial charge in [0.15, 0.2) is 0 Å². The molecule has 0 unspecified atom stereocenters. The van der Waals surface area contributed by atoms with Gasteiger partial charge in [0.1, 0.15) is 18.2 Å². The summed E-state index contributed by atoms with van der Waals surface area (Å²) in [5, 5.41) is 0. The Bertz CT molecular complexity index is 1180. The van der Waals surface area contributed by atoms with Gasteiger partial charge in [0.25, 0.3) is 0 Å². The molecule has 0 radical (unpaired) electrons. The SMILES string of the molecule is Cc1ccc(S(=O)(=O)N2CCO[C@@H](c3ncncc3-c3ccnc(N)c3)C2)cc1C. The predicted octanol–water partition coefficient (Wildman–Crippen LogP) is 2.50. The van der Waals surface area contributed by atoms with E-state index in [-0.39, 0.29) is 24.6 Å². The Labute approximate surface area is 175 Å². The van der Waals surface area contributed by atoms with Crippen LogP contribution in [0.5, 0.6) is 0 Å². The van der Waals surface area contributed by atoms with Crippen molar-refractivity contribution in [2.24, 2.45) is 0 Å². The molecule has 1 saturated heterocycles. The van der Waals surface area contributed by atoms with E-state index in [2.05, 4.69) is 15.0 Å². The molecule has 9 heteroatoms. The van der Waals surface area contributed by atoms with Crippen molar-refractivity contribution in [3.8, 4) is 11.1 Å². The average Bonchev–Trinajstić information content (AvgIpc) is 2.75. The molecule has 0 aliphatic carbocycles. The number of sulfonamides is 1. The highest BCUT2D eigenvalue weighted by Crippen LogP contribution is 2.32. The van der Waals surface area contributed by atoms with Crippen LogP contribution >= 0.6 is 0 Å². The summed E-state index contributed by atoms with van der Waals surface area (Å²) in [5.74, 6) is 0.380. The molecule has 2 N–H and O–H groups in total. The van der Waals surface area contributed by atoms with Crippen LogP contribution in [-0.2, 0) is 14.8 Å². The van der Waals surface area contributed by atoms with Crippen LogP contribution in [0.3, 0.4) is 0 Å². The van der Waals surface area contributed by atoms with Crippen molar-refractivity contribution in [2.75, 3.05) is 25.4 Å². The lowest BCUT2D eigenvalue weighted by Crippen LogP contribution is -2.42. The predicted molar refractivity (Wildman–Crippen MR) is 113 cm³/mol. The van der Waals surface area contributed by atoms with Crippen LogP contribution in [0.15, 0.2) is 53.9 Å². The number of nitrogens with two attached hydrogens (primary N) is 1. The monoisotopic (exact) mass is 425 g/mol. The van der Waals surface area contributed by atoms with Crippen LogP contribution in [0.25, 0.3) is 11.1 Å². The molecule has 30 heavy (non-hydrogen) atoms. The largest absolute Gasteiger partial charge is 0.384 e. The summed E-state index contributed by atoms with van der Waals surface area (Å²) in [7, 11) is -3.65. The van der Waals surface area contributed by atoms with Crippen molar-refractivity contribution in [1.82, 2.24) is 19.3 Å². The second-order valence-electron chi connectivity index (χ2n) is 7.26. The highest BCUT2D eigenvalue weighted by atomic mass is 32.2. The summed E-state index contributed by atoms with van der Waals surface area (Å²) in [4.78, 5) is 12.8. The number of pyridine rings is 1. The van der Waals surface area contributed by atoms with Gasteiger partial charge in [-0.1, -0.05) is 6.07 Å². The second-order valence-corrected chi connectivity index (χ2v) is 9.20. The van der Waals surface area contributed by atoms with E-state index in [1.54, 1.807) is 30.6 Å². The summed E-state index contributed by atoms with van der Waals surface area (Å²) in [6, 6.07) is 8.74. The molecule has 3 heterocycles. The van der Waals surface area contributed by atoms with Crippen molar-refractivity contribution in [3.05, 3.63) is 65.9 Å². The van der Waals surface area contributed by atoms with Gasteiger partial charge in [0, 0.05) is 31.0 Å². The molecule has 8 nitrogen and oxygen atoms in total. The lowest BCUT2D eigenvalue weighted by atomic mass is 10.0. The molecule has 1 aromatic carbocycles. The quantitative estimate of drug-likeness (QED) is 0.683. The first-order valence-electron chi connectivity index (χ1n) is 9.57. The Morgan fingerprint density at radius 2 is 1.97 bits per heavy atom. The van der Waals surface area contributed by atoms with Gasteiger partial charge in [-0.05, 0) is 54.8 Å². The maximum absolute atomic E-state index is 13.2. The Balaban J connectivity index is 1.66. The van der Waals surface area contributed by atoms with Gasteiger partial charge in [0.2, 0.25) is 10.0 Å². The maximum Gasteiger partial charge on any atom is 0.243 e. The summed E-state index contributed by atoms with van der Waals surface area (Å²) < 4.78 is 33.9. The third kappa shape index (κ3) is 3.91. The van der Waals surface area contributed by atoms with E-state index in [9.17, 15) is 8.42 Å². The zero-order valence-electron chi connectivity index (χ0n) is 16.8. The van der Waals surface area contributed by atoms with E-state index in [1.807, 2.05) is 26.0 Å². The van der Waals surface area contributed by atoms with E-state index >= 15 is 0 Å². The van der Waals surface area contributed by atoms with Gasteiger partial charge in [-0.3, -0.25) is 0 Å². The Hall–Kier alpha value is -2.88.